The first kappa shape index (κ1) is 20.7. The molecule has 162 valence electrons. The predicted octanol–water partition coefficient (Wildman–Crippen LogP) is 2.80. The van der Waals surface area contributed by atoms with Gasteiger partial charge in [0.25, 0.3) is 5.91 Å². The molecule has 1 saturated heterocycles. The van der Waals surface area contributed by atoms with Crippen molar-refractivity contribution in [2.24, 2.45) is 17.6 Å². The van der Waals surface area contributed by atoms with Gasteiger partial charge in [0.15, 0.2) is 5.82 Å². The maximum Gasteiger partial charge on any atom is 0.409 e. The number of carbonyl (C=O) groups is 2. The molecule has 0 radical (unpaired) electrons. The van der Waals surface area contributed by atoms with Crippen LogP contribution in [0, 0.1) is 29.0 Å². The van der Waals surface area contributed by atoms with Crippen LogP contribution < -0.4 is 11.1 Å². The Balaban J connectivity index is 1.55. The second kappa shape index (κ2) is 8.63. The van der Waals surface area contributed by atoms with E-state index in [4.69, 9.17) is 10.5 Å². The fourth-order valence-electron chi connectivity index (χ4n) is 3.59. The smallest absolute Gasteiger partial charge is 0.409 e. The third-order valence-electron chi connectivity index (χ3n) is 5.59. The number of nitrogens with zero attached hydrogens (tertiary/aromatic N) is 4. The number of nitrogens with two attached hydrogens (primary N) is 1. The summed E-state index contributed by atoms with van der Waals surface area (Å²) in [7, 11) is 0. The number of hydrogen-bond donors (Lipinski definition) is 2. The van der Waals surface area contributed by atoms with E-state index in [1.165, 1.54) is 35.1 Å². The summed E-state index contributed by atoms with van der Waals surface area (Å²) in [6, 6.07) is 7.38. The fraction of sp³-hybridized carbons (Fsp3) is 0.429. The van der Waals surface area contributed by atoms with Crippen molar-refractivity contribution in [2.45, 2.75) is 25.3 Å². The van der Waals surface area contributed by atoms with E-state index in [1.54, 1.807) is 4.90 Å². The van der Waals surface area contributed by atoms with Gasteiger partial charge in [-0.05, 0) is 49.4 Å². The van der Waals surface area contributed by atoms with Crippen molar-refractivity contribution in [3.05, 3.63) is 41.8 Å². The number of likely N-dealkylation sites (tertiary alicyclic amines) is 1. The molecule has 2 atom stereocenters. The van der Waals surface area contributed by atoms with Crippen LogP contribution in [0.1, 0.15) is 35.7 Å². The van der Waals surface area contributed by atoms with Crippen molar-refractivity contribution in [1.29, 1.82) is 5.26 Å². The summed E-state index contributed by atoms with van der Waals surface area (Å²) in [5.74, 6) is -0.823. The van der Waals surface area contributed by atoms with Crippen molar-refractivity contribution in [3.63, 3.8) is 0 Å². The molecule has 3 N–H and O–H groups in total. The third-order valence-corrected chi connectivity index (χ3v) is 5.59. The summed E-state index contributed by atoms with van der Waals surface area (Å²) in [6.07, 6.45) is 3.70. The molecule has 2 fully saturated rings. The highest BCUT2D eigenvalue weighted by atomic mass is 19.1. The number of amides is 2. The van der Waals surface area contributed by atoms with Gasteiger partial charge >= 0.3 is 6.09 Å². The van der Waals surface area contributed by atoms with Crippen molar-refractivity contribution in [3.8, 4) is 6.07 Å². The van der Waals surface area contributed by atoms with Crippen LogP contribution in [0.5, 0.6) is 0 Å². The van der Waals surface area contributed by atoms with E-state index in [1.807, 2.05) is 0 Å². The molecule has 1 aromatic carbocycles. The molecule has 2 aromatic rings. The number of piperidine rings is 1. The standard InChI is InChI=1S/C21H23FN6O3/c22-15-3-5-16(6-4-15)25-20-17(19(24)29)10-28(26-20)18-11-27(8-7-14(18)9-23)21(30)31-12-13-1-2-13/h3-6,10,13-14,18H,1-2,7-8,11-12H2,(H2,24,29)(H,25,26)/t14-,18?/m0/s1. The van der Waals surface area contributed by atoms with Gasteiger partial charge in [-0.2, -0.15) is 10.4 Å². The molecule has 31 heavy (non-hydrogen) atoms. The van der Waals surface area contributed by atoms with E-state index in [-0.39, 0.29) is 23.7 Å². The Labute approximate surface area is 178 Å². The molecule has 0 spiro atoms. The van der Waals surface area contributed by atoms with Crippen LogP contribution in [0.4, 0.5) is 20.7 Å². The molecule has 2 heterocycles. The number of carbonyl (C=O) groups excluding carboxylic acids is 2. The average Bonchev–Trinajstić information content (AvgIpc) is 3.51. The Hall–Kier alpha value is -3.61. The lowest BCUT2D eigenvalue weighted by molar-refractivity contribution is 0.0732. The van der Waals surface area contributed by atoms with Crippen LogP contribution in [0.25, 0.3) is 0 Å². The van der Waals surface area contributed by atoms with Gasteiger partial charge in [-0.3, -0.25) is 9.48 Å². The molecule has 4 rings (SSSR count). The summed E-state index contributed by atoms with van der Waals surface area (Å²) >= 11 is 0. The zero-order valence-corrected chi connectivity index (χ0v) is 16.8. The van der Waals surface area contributed by atoms with E-state index in [2.05, 4.69) is 16.5 Å². The van der Waals surface area contributed by atoms with E-state index in [9.17, 15) is 19.2 Å². The SMILES string of the molecule is N#C[C@@H]1CCN(C(=O)OCC2CC2)CC1n1cc(C(N)=O)c(Nc2ccc(F)cc2)n1. The Kier molecular flexibility index (Phi) is 5.75. The number of hydrogen-bond acceptors (Lipinski definition) is 6. The number of rotatable bonds is 6. The minimum atomic E-state index is -0.694. The van der Waals surface area contributed by atoms with E-state index < -0.39 is 24.0 Å². The summed E-state index contributed by atoms with van der Waals surface area (Å²) in [6.45, 7) is 1.07. The molecule has 2 amide bonds. The Morgan fingerprint density at radius 1 is 1.29 bits per heavy atom. The number of anilines is 2. The van der Waals surface area contributed by atoms with Gasteiger partial charge in [0.1, 0.15) is 11.4 Å². The number of nitrogens with one attached hydrogen (secondary N) is 1. The first-order chi connectivity index (χ1) is 14.9. The normalized spacial score (nSPS) is 20.7. The van der Waals surface area contributed by atoms with Crippen LogP contribution in [0.2, 0.25) is 0 Å². The lowest BCUT2D eigenvalue weighted by Crippen LogP contribution is -2.44. The maximum atomic E-state index is 13.2. The van der Waals surface area contributed by atoms with Crippen molar-refractivity contribution >= 4 is 23.5 Å². The minimum Gasteiger partial charge on any atom is -0.449 e. The van der Waals surface area contributed by atoms with Gasteiger partial charge in [0, 0.05) is 25.0 Å². The van der Waals surface area contributed by atoms with Crippen molar-refractivity contribution in [2.75, 3.05) is 25.0 Å². The molecule has 0 bridgehead atoms. The van der Waals surface area contributed by atoms with Crippen molar-refractivity contribution < 1.29 is 18.7 Å². The highest BCUT2D eigenvalue weighted by Crippen LogP contribution is 2.31. The second-order valence-corrected chi connectivity index (χ2v) is 7.93. The zero-order valence-electron chi connectivity index (χ0n) is 16.8. The van der Waals surface area contributed by atoms with Crippen LogP contribution in [-0.2, 0) is 4.74 Å². The molecule has 1 aliphatic carbocycles. The quantitative estimate of drug-likeness (QED) is 0.731. The second-order valence-electron chi connectivity index (χ2n) is 7.93. The van der Waals surface area contributed by atoms with Gasteiger partial charge in [-0.25, -0.2) is 9.18 Å². The number of nitriles is 1. The third kappa shape index (κ3) is 4.77. The molecule has 2 aliphatic rings. The highest BCUT2D eigenvalue weighted by molar-refractivity contribution is 5.98. The number of primary amides is 1. The Bertz CT molecular complexity index is 1010. The molecule has 1 aromatic heterocycles. The van der Waals surface area contributed by atoms with E-state index in [0.717, 1.165) is 12.8 Å². The zero-order chi connectivity index (χ0) is 22.0. The lowest BCUT2D eigenvalue weighted by Gasteiger charge is -2.35. The Morgan fingerprint density at radius 3 is 2.68 bits per heavy atom. The van der Waals surface area contributed by atoms with Crippen LogP contribution in [-0.4, -0.2) is 46.4 Å². The first-order valence-corrected chi connectivity index (χ1v) is 10.2. The molecular formula is C21H23FN6O3. The van der Waals surface area contributed by atoms with Gasteiger partial charge in [-0.1, -0.05) is 0 Å². The van der Waals surface area contributed by atoms with Crippen LogP contribution >= 0.6 is 0 Å². The maximum absolute atomic E-state index is 13.2. The highest BCUT2D eigenvalue weighted by Gasteiger charge is 2.35. The molecule has 1 aliphatic heterocycles. The summed E-state index contributed by atoms with van der Waals surface area (Å²) in [5, 5.41) is 17.0. The monoisotopic (exact) mass is 426 g/mol. The minimum absolute atomic E-state index is 0.134. The Morgan fingerprint density at radius 2 is 2.03 bits per heavy atom. The summed E-state index contributed by atoms with van der Waals surface area (Å²) in [5.41, 5.74) is 6.17. The largest absolute Gasteiger partial charge is 0.449 e. The fourth-order valence-corrected chi connectivity index (χ4v) is 3.59. The average molecular weight is 426 g/mol. The van der Waals surface area contributed by atoms with E-state index in [0.29, 0.717) is 31.2 Å². The van der Waals surface area contributed by atoms with Crippen LogP contribution in [0.3, 0.4) is 0 Å². The first-order valence-electron chi connectivity index (χ1n) is 10.2. The summed E-state index contributed by atoms with van der Waals surface area (Å²) in [4.78, 5) is 26.0. The summed E-state index contributed by atoms with van der Waals surface area (Å²) < 4.78 is 20.0. The van der Waals surface area contributed by atoms with Gasteiger partial charge in [0.2, 0.25) is 0 Å². The molecule has 1 saturated carbocycles. The molecule has 9 nitrogen and oxygen atoms in total. The number of ether oxygens (including phenoxy) is 1. The van der Waals surface area contributed by atoms with Gasteiger partial charge in [-0.15, -0.1) is 0 Å². The number of benzene rings is 1. The van der Waals surface area contributed by atoms with Crippen LogP contribution in [0.15, 0.2) is 30.5 Å². The van der Waals surface area contributed by atoms with Gasteiger partial charge in [0.05, 0.1) is 24.6 Å². The topological polar surface area (TPSA) is 126 Å². The van der Waals surface area contributed by atoms with Gasteiger partial charge < -0.3 is 20.7 Å². The number of aromatic nitrogens is 2. The lowest BCUT2D eigenvalue weighted by atomic mass is 9.93. The number of halogens is 1. The molecule has 1 unspecified atom stereocenters. The predicted molar refractivity (Wildman–Crippen MR) is 109 cm³/mol. The molecular weight excluding hydrogens is 403 g/mol. The van der Waals surface area contributed by atoms with Crippen molar-refractivity contribution in [1.82, 2.24) is 14.7 Å². The molecule has 10 heteroatoms. The van der Waals surface area contributed by atoms with E-state index >= 15 is 0 Å².